The van der Waals surface area contributed by atoms with E-state index >= 15 is 0 Å². The number of aliphatic carboxylic acids is 2. The number of likely N-dealkylation sites (N-methyl/N-ethyl adjacent to an activating group) is 1. The van der Waals surface area contributed by atoms with E-state index in [4.69, 9.17) is 31.3 Å². The molecule has 40 heavy (non-hydrogen) atoms. The average Bonchev–Trinajstić information content (AvgIpc) is 3.12. The highest BCUT2D eigenvalue weighted by Gasteiger charge is 2.25. The van der Waals surface area contributed by atoms with Crippen molar-refractivity contribution in [2.75, 3.05) is 27.2 Å². The van der Waals surface area contributed by atoms with Gasteiger partial charge in [0.25, 0.3) is 0 Å². The Bertz CT molecular complexity index is 1450. The van der Waals surface area contributed by atoms with Gasteiger partial charge >= 0.3 is 11.9 Å². The summed E-state index contributed by atoms with van der Waals surface area (Å²) in [6.07, 6.45) is 2.81. The highest BCUT2D eigenvalue weighted by Crippen LogP contribution is 2.34. The van der Waals surface area contributed by atoms with Gasteiger partial charge in [0.2, 0.25) is 9.84 Å². The van der Waals surface area contributed by atoms with Gasteiger partial charge in [-0.3, -0.25) is 0 Å². The van der Waals surface area contributed by atoms with Gasteiger partial charge in [0.05, 0.1) is 12.0 Å². The van der Waals surface area contributed by atoms with Gasteiger partial charge < -0.3 is 24.6 Å². The van der Waals surface area contributed by atoms with Gasteiger partial charge in [-0.15, -0.1) is 0 Å². The van der Waals surface area contributed by atoms with E-state index < -0.39 is 21.8 Å². The minimum absolute atomic E-state index is 0.207. The van der Waals surface area contributed by atoms with Crippen LogP contribution in [0.25, 0.3) is 0 Å². The molecule has 0 amide bonds. The topological polar surface area (TPSA) is 130 Å². The molecule has 3 aromatic carbocycles. The largest absolute Gasteiger partial charge is 0.495 e. The second kappa shape index (κ2) is 14.0. The smallest absolute Gasteiger partial charge is 0.328 e. The predicted octanol–water partition coefficient (Wildman–Crippen LogP) is 4.50. The SMILES string of the molecule is COc1cc2c(cc1S(=O)(=O)c1ccc(OCc3ccc(Cl)cc3)cc1)CCN(C)CC2.O=C(O)/C=C\C(=O)O. The molecule has 9 nitrogen and oxygen atoms in total. The van der Waals surface area contributed by atoms with Gasteiger partial charge in [-0.2, -0.15) is 0 Å². The number of carbonyl (C=O) groups is 2. The fraction of sp³-hybridized carbons (Fsp3) is 0.241. The second-order valence-corrected chi connectivity index (χ2v) is 11.3. The van der Waals surface area contributed by atoms with Crippen molar-refractivity contribution >= 4 is 33.4 Å². The molecule has 0 bridgehead atoms. The lowest BCUT2D eigenvalue weighted by Crippen LogP contribution is -2.20. The van der Waals surface area contributed by atoms with Gasteiger partial charge in [0.15, 0.2) is 0 Å². The summed E-state index contributed by atoms with van der Waals surface area (Å²) in [5, 5.41) is 16.3. The molecular formula is C29H30ClNO8S. The van der Waals surface area contributed by atoms with E-state index in [0.717, 1.165) is 42.6 Å². The number of halogens is 1. The number of ether oxygens (including phenoxy) is 2. The van der Waals surface area contributed by atoms with Crippen LogP contribution in [0.3, 0.4) is 0 Å². The lowest BCUT2D eigenvalue weighted by Gasteiger charge is -2.15. The van der Waals surface area contributed by atoms with Crippen LogP contribution in [-0.4, -0.2) is 62.7 Å². The van der Waals surface area contributed by atoms with Crippen LogP contribution in [-0.2, 0) is 38.9 Å². The molecule has 1 aliphatic rings. The molecular weight excluding hydrogens is 558 g/mol. The summed E-state index contributed by atoms with van der Waals surface area (Å²) in [5.41, 5.74) is 3.19. The van der Waals surface area contributed by atoms with Crippen LogP contribution in [0.2, 0.25) is 5.02 Å². The Hall–Kier alpha value is -3.86. The van der Waals surface area contributed by atoms with E-state index in [0.29, 0.717) is 35.3 Å². The van der Waals surface area contributed by atoms with Crippen molar-refractivity contribution in [1.29, 1.82) is 0 Å². The molecule has 0 unspecified atom stereocenters. The Kier molecular flexibility index (Phi) is 10.7. The molecule has 0 aliphatic carbocycles. The number of rotatable bonds is 8. The first kappa shape index (κ1) is 30.7. The van der Waals surface area contributed by atoms with Gasteiger partial charge in [-0.25, -0.2) is 18.0 Å². The van der Waals surface area contributed by atoms with E-state index in [-0.39, 0.29) is 9.79 Å². The predicted molar refractivity (Wildman–Crippen MR) is 150 cm³/mol. The highest BCUT2D eigenvalue weighted by molar-refractivity contribution is 7.91. The second-order valence-electron chi connectivity index (χ2n) is 8.97. The van der Waals surface area contributed by atoms with Crippen molar-refractivity contribution in [1.82, 2.24) is 4.90 Å². The Labute approximate surface area is 238 Å². The fourth-order valence-electron chi connectivity index (χ4n) is 3.95. The number of fused-ring (bicyclic) bond motifs is 1. The quantitative estimate of drug-likeness (QED) is 0.366. The van der Waals surface area contributed by atoms with Crippen molar-refractivity contribution in [3.63, 3.8) is 0 Å². The van der Waals surface area contributed by atoms with E-state index in [9.17, 15) is 18.0 Å². The van der Waals surface area contributed by atoms with Crippen molar-refractivity contribution in [2.24, 2.45) is 0 Å². The van der Waals surface area contributed by atoms with Crippen molar-refractivity contribution < 1.29 is 37.7 Å². The molecule has 212 valence electrons. The maximum absolute atomic E-state index is 13.4. The molecule has 0 saturated carbocycles. The molecule has 0 spiro atoms. The molecule has 1 heterocycles. The summed E-state index contributed by atoms with van der Waals surface area (Å²) in [7, 11) is -0.146. The van der Waals surface area contributed by atoms with Crippen LogP contribution < -0.4 is 9.47 Å². The van der Waals surface area contributed by atoms with Gasteiger partial charge in [0, 0.05) is 30.3 Å². The van der Waals surface area contributed by atoms with Crippen LogP contribution in [0.4, 0.5) is 0 Å². The van der Waals surface area contributed by atoms with E-state index in [1.165, 1.54) is 7.11 Å². The Balaban J connectivity index is 0.000000482. The van der Waals surface area contributed by atoms with Crippen LogP contribution in [0.15, 0.2) is 82.6 Å². The third-order valence-corrected chi connectivity index (χ3v) is 8.17. The van der Waals surface area contributed by atoms with Gasteiger partial charge in [0.1, 0.15) is 23.0 Å². The average molecular weight is 588 g/mol. The number of nitrogens with zero attached hydrogens (tertiary/aromatic N) is 1. The first-order valence-electron chi connectivity index (χ1n) is 12.2. The minimum atomic E-state index is -3.74. The zero-order chi connectivity index (χ0) is 29.3. The summed E-state index contributed by atoms with van der Waals surface area (Å²) in [5.74, 6) is -1.54. The minimum Gasteiger partial charge on any atom is -0.495 e. The van der Waals surface area contributed by atoms with Crippen molar-refractivity contribution in [2.45, 2.75) is 29.2 Å². The third kappa shape index (κ3) is 8.57. The lowest BCUT2D eigenvalue weighted by molar-refractivity contribution is -0.134. The van der Waals surface area contributed by atoms with Crippen molar-refractivity contribution in [3.05, 3.63) is 94.5 Å². The molecule has 4 rings (SSSR count). The molecule has 3 aromatic rings. The zero-order valence-corrected chi connectivity index (χ0v) is 23.6. The van der Waals surface area contributed by atoms with Crippen LogP contribution in [0.5, 0.6) is 11.5 Å². The third-order valence-electron chi connectivity index (χ3n) is 6.12. The number of hydrogen-bond donors (Lipinski definition) is 2. The number of sulfone groups is 1. The Morgan fingerprint density at radius 1 is 0.925 bits per heavy atom. The summed E-state index contributed by atoms with van der Waals surface area (Å²) in [6, 6.07) is 17.6. The Morgan fingerprint density at radius 2 is 1.48 bits per heavy atom. The monoisotopic (exact) mass is 587 g/mol. The summed E-state index contributed by atoms with van der Waals surface area (Å²) >= 11 is 5.91. The van der Waals surface area contributed by atoms with Crippen LogP contribution >= 0.6 is 11.6 Å². The fourth-order valence-corrected chi connectivity index (χ4v) is 5.52. The molecule has 2 N–H and O–H groups in total. The number of carboxylic acid groups (broad SMARTS) is 2. The first-order chi connectivity index (χ1) is 19.0. The number of carboxylic acids is 2. The molecule has 0 atom stereocenters. The molecule has 0 saturated heterocycles. The summed E-state index contributed by atoms with van der Waals surface area (Å²) in [6.45, 7) is 2.22. The van der Waals surface area contributed by atoms with Gasteiger partial charge in [-0.1, -0.05) is 23.7 Å². The number of methoxy groups -OCH3 is 1. The Morgan fingerprint density at radius 3 is 2.00 bits per heavy atom. The van der Waals surface area contributed by atoms with Crippen LogP contribution in [0, 0.1) is 0 Å². The standard InChI is InChI=1S/C25H26ClNO4S.C4H4O4/c1-27-13-11-19-15-24(30-2)25(16-20(19)12-14-27)32(28,29)23-9-7-22(8-10-23)31-17-18-3-5-21(26)6-4-18;5-3(6)1-2-4(7)8/h3-10,15-16H,11-14,17H2,1-2H3;1-2H,(H,5,6)(H,7,8)/b;2-1-. The maximum Gasteiger partial charge on any atom is 0.328 e. The van der Waals surface area contributed by atoms with Crippen molar-refractivity contribution in [3.8, 4) is 11.5 Å². The van der Waals surface area contributed by atoms with Crippen LogP contribution in [0.1, 0.15) is 16.7 Å². The highest BCUT2D eigenvalue weighted by atomic mass is 35.5. The maximum atomic E-state index is 13.4. The molecule has 1 aliphatic heterocycles. The summed E-state index contributed by atoms with van der Waals surface area (Å²) in [4.78, 5) is 21.8. The van der Waals surface area contributed by atoms with E-state index in [1.54, 1.807) is 30.3 Å². The molecule has 11 heteroatoms. The molecule has 0 radical (unpaired) electrons. The summed E-state index contributed by atoms with van der Waals surface area (Å²) < 4.78 is 38.1. The van der Waals surface area contributed by atoms with Gasteiger partial charge in [-0.05, 0) is 85.1 Å². The van der Waals surface area contributed by atoms with E-state index in [1.807, 2.05) is 30.3 Å². The zero-order valence-electron chi connectivity index (χ0n) is 22.0. The molecule has 0 fully saturated rings. The first-order valence-corrected chi connectivity index (χ1v) is 14.1. The lowest BCUT2D eigenvalue weighted by atomic mass is 10.0. The number of benzene rings is 3. The molecule has 0 aromatic heterocycles. The number of hydrogen-bond acceptors (Lipinski definition) is 7. The van der Waals surface area contributed by atoms with E-state index in [2.05, 4.69) is 11.9 Å². The normalized spacial score (nSPS) is 13.5.